The number of nitrogens with zero attached hydrogens (tertiary/aromatic N) is 1. The molecular weight excluding hydrogens is 210 g/mol. The summed E-state index contributed by atoms with van der Waals surface area (Å²) in [5.74, 6) is 1.94. The summed E-state index contributed by atoms with van der Waals surface area (Å²) in [4.78, 5) is 2.59. The Hall–Kier alpha value is -1.02. The fourth-order valence-corrected chi connectivity index (χ4v) is 2.83. The molecule has 1 aromatic rings. The molecule has 1 fully saturated rings. The van der Waals surface area contributed by atoms with Crippen molar-refractivity contribution in [1.82, 2.24) is 4.90 Å². The Morgan fingerprint density at radius 2 is 1.71 bits per heavy atom. The highest BCUT2D eigenvalue weighted by atomic mass is 16.3. The molecule has 2 heteroatoms. The number of likely N-dealkylation sites (tertiary alicyclic amines) is 1. The summed E-state index contributed by atoms with van der Waals surface area (Å²) in [6, 6.07) is 8.19. The summed E-state index contributed by atoms with van der Waals surface area (Å²) >= 11 is 0. The zero-order valence-electron chi connectivity index (χ0n) is 11.1. The summed E-state index contributed by atoms with van der Waals surface area (Å²) in [5, 5.41) is 9.35. The van der Waals surface area contributed by atoms with Crippen LogP contribution in [0.25, 0.3) is 0 Å². The first kappa shape index (κ1) is 12.4. The Balaban J connectivity index is 2.14. The quantitative estimate of drug-likeness (QED) is 0.864. The first-order valence-corrected chi connectivity index (χ1v) is 6.64. The van der Waals surface area contributed by atoms with E-state index in [-0.39, 0.29) is 0 Å². The molecule has 1 aliphatic heterocycles. The molecule has 2 rings (SSSR count). The van der Waals surface area contributed by atoms with Crippen LogP contribution in [0.15, 0.2) is 24.3 Å². The summed E-state index contributed by atoms with van der Waals surface area (Å²) < 4.78 is 0. The minimum absolute atomic E-state index is 0.353. The van der Waals surface area contributed by atoms with Crippen molar-refractivity contribution in [3.63, 3.8) is 0 Å². The number of phenols is 1. The van der Waals surface area contributed by atoms with E-state index in [0.717, 1.165) is 18.3 Å². The van der Waals surface area contributed by atoms with Gasteiger partial charge in [-0.25, -0.2) is 0 Å². The van der Waals surface area contributed by atoms with Crippen molar-refractivity contribution in [3.8, 4) is 5.75 Å². The third-order valence-corrected chi connectivity index (χ3v) is 4.12. The molecule has 94 valence electrons. The van der Waals surface area contributed by atoms with Crippen LogP contribution in [0.5, 0.6) is 5.75 Å². The van der Waals surface area contributed by atoms with Crippen molar-refractivity contribution in [2.24, 2.45) is 11.8 Å². The summed E-state index contributed by atoms with van der Waals surface area (Å²) in [5.41, 5.74) is 1.33. The normalized spacial score (nSPS) is 27.2. The number of rotatable bonds is 3. The van der Waals surface area contributed by atoms with E-state index in [1.165, 1.54) is 18.7 Å². The molecule has 3 atom stereocenters. The zero-order chi connectivity index (χ0) is 12.4. The first-order chi connectivity index (χ1) is 8.11. The lowest BCUT2D eigenvalue weighted by Gasteiger charge is -2.27. The highest BCUT2D eigenvalue weighted by molar-refractivity contribution is 5.28. The molecule has 0 spiro atoms. The highest BCUT2D eigenvalue weighted by Gasteiger charge is 2.30. The van der Waals surface area contributed by atoms with Gasteiger partial charge in [-0.3, -0.25) is 4.90 Å². The van der Waals surface area contributed by atoms with Crippen molar-refractivity contribution in [2.45, 2.75) is 33.2 Å². The lowest BCUT2D eigenvalue weighted by molar-refractivity contribution is 0.228. The van der Waals surface area contributed by atoms with E-state index in [4.69, 9.17) is 0 Å². The van der Waals surface area contributed by atoms with E-state index in [1.54, 1.807) is 12.1 Å². The van der Waals surface area contributed by atoms with Crippen molar-refractivity contribution in [2.75, 3.05) is 13.1 Å². The van der Waals surface area contributed by atoms with Crippen LogP contribution in [0.3, 0.4) is 0 Å². The summed E-state index contributed by atoms with van der Waals surface area (Å²) in [6.45, 7) is 9.31. The molecule has 0 radical (unpaired) electrons. The van der Waals surface area contributed by atoms with Gasteiger partial charge in [-0.1, -0.05) is 32.9 Å². The van der Waals surface area contributed by atoms with Crippen LogP contribution in [0, 0.1) is 11.8 Å². The van der Waals surface area contributed by atoms with E-state index in [1.807, 2.05) is 0 Å². The first-order valence-electron chi connectivity index (χ1n) is 6.64. The predicted octanol–water partition coefficient (Wildman–Crippen LogP) is 3.43. The van der Waals surface area contributed by atoms with E-state index in [9.17, 15) is 5.11 Å². The molecule has 0 amide bonds. The van der Waals surface area contributed by atoms with Crippen LogP contribution >= 0.6 is 0 Å². The lowest BCUT2D eigenvalue weighted by Crippen LogP contribution is -2.26. The third kappa shape index (κ3) is 2.63. The Morgan fingerprint density at radius 1 is 1.18 bits per heavy atom. The Kier molecular flexibility index (Phi) is 3.72. The smallest absolute Gasteiger partial charge is 0.115 e. The third-order valence-electron chi connectivity index (χ3n) is 4.12. The van der Waals surface area contributed by atoms with Crippen LogP contribution in [-0.4, -0.2) is 23.1 Å². The minimum atomic E-state index is 0.353. The number of aromatic hydroxyl groups is 1. The second kappa shape index (κ2) is 5.09. The standard InChI is InChI=1S/C15H23NO/c1-4-15(13-5-7-14(17)8-6-13)16-9-11(2)12(3)10-16/h5-8,11-12,15,17H,4,9-10H2,1-3H3. The van der Waals surface area contributed by atoms with E-state index in [0.29, 0.717) is 11.8 Å². The van der Waals surface area contributed by atoms with Gasteiger partial charge < -0.3 is 5.11 Å². The fraction of sp³-hybridized carbons (Fsp3) is 0.600. The minimum Gasteiger partial charge on any atom is -0.508 e. The van der Waals surface area contributed by atoms with Crippen LogP contribution in [-0.2, 0) is 0 Å². The van der Waals surface area contributed by atoms with Crippen LogP contribution in [0.1, 0.15) is 38.8 Å². The molecule has 2 nitrogen and oxygen atoms in total. The molecule has 1 aliphatic rings. The van der Waals surface area contributed by atoms with Gasteiger partial charge in [0.2, 0.25) is 0 Å². The largest absolute Gasteiger partial charge is 0.508 e. The molecule has 17 heavy (non-hydrogen) atoms. The average Bonchev–Trinajstić information content (AvgIpc) is 2.63. The van der Waals surface area contributed by atoms with Crippen LogP contribution in [0.2, 0.25) is 0 Å². The lowest BCUT2D eigenvalue weighted by atomic mass is 10.0. The van der Waals surface area contributed by atoms with Gasteiger partial charge in [-0.05, 0) is 36.0 Å². The zero-order valence-corrected chi connectivity index (χ0v) is 11.1. The second-order valence-corrected chi connectivity index (χ2v) is 5.42. The highest BCUT2D eigenvalue weighted by Crippen LogP contribution is 2.33. The van der Waals surface area contributed by atoms with Crippen molar-refractivity contribution in [3.05, 3.63) is 29.8 Å². The Labute approximate surface area is 104 Å². The monoisotopic (exact) mass is 233 g/mol. The van der Waals surface area contributed by atoms with Gasteiger partial charge in [0.25, 0.3) is 0 Å². The summed E-state index contributed by atoms with van der Waals surface area (Å²) in [6.07, 6.45) is 1.13. The van der Waals surface area contributed by atoms with Crippen molar-refractivity contribution >= 4 is 0 Å². The Morgan fingerprint density at radius 3 is 2.18 bits per heavy atom. The van der Waals surface area contributed by atoms with Gasteiger partial charge in [0.1, 0.15) is 5.75 Å². The fourth-order valence-electron chi connectivity index (χ4n) is 2.83. The number of hydrogen-bond donors (Lipinski definition) is 1. The average molecular weight is 233 g/mol. The Bertz CT molecular complexity index is 350. The second-order valence-electron chi connectivity index (χ2n) is 5.42. The van der Waals surface area contributed by atoms with Crippen LogP contribution < -0.4 is 0 Å². The molecular formula is C15H23NO. The molecule has 0 aromatic heterocycles. The number of benzene rings is 1. The number of phenolic OH excluding ortho intramolecular Hbond substituents is 1. The maximum absolute atomic E-state index is 9.35. The maximum atomic E-state index is 9.35. The van der Waals surface area contributed by atoms with E-state index in [2.05, 4.69) is 37.8 Å². The van der Waals surface area contributed by atoms with Crippen molar-refractivity contribution in [1.29, 1.82) is 0 Å². The van der Waals surface area contributed by atoms with E-state index >= 15 is 0 Å². The molecule has 1 heterocycles. The predicted molar refractivity (Wildman–Crippen MR) is 71.0 cm³/mol. The molecule has 0 saturated carbocycles. The van der Waals surface area contributed by atoms with Crippen molar-refractivity contribution < 1.29 is 5.11 Å². The number of hydrogen-bond acceptors (Lipinski definition) is 2. The van der Waals surface area contributed by atoms with Gasteiger partial charge in [-0.15, -0.1) is 0 Å². The van der Waals surface area contributed by atoms with Gasteiger partial charge >= 0.3 is 0 Å². The van der Waals surface area contributed by atoms with Crippen LogP contribution in [0.4, 0.5) is 0 Å². The van der Waals surface area contributed by atoms with E-state index < -0.39 is 0 Å². The van der Waals surface area contributed by atoms with Gasteiger partial charge in [0, 0.05) is 19.1 Å². The molecule has 1 saturated heterocycles. The topological polar surface area (TPSA) is 23.5 Å². The molecule has 1 aromatic carbocycles. The SMILES string of the molecule is CCC(c1ccc(O)cc1)N1CC(C)C(C)C1. The molecule has 0 aliphatic carbocycles. The van der Waals surface area contributed by atoms with Gasteiger partial charge in [0.05, 0.1) is 0 Å². The summed E-state index contributed by atoms with van der Waals surface area (Å²) in [7, 11) is 0. The van der Waals surface area contributed by atoms with Gasteiger partial charge in [0.15, 0.2) is 0 Å². The molecule has 0 bridgehead atoms. The molecule has 1 N–H and O–H groups in total. The molecule has 3 unspecified atom stereocenters. The van der Waals surface area contributed by atoms with Gasteiger partial charge in [-0.2, -0.15) is 0 Å². The maximum Gasteiger partial charge on any atom is 0.115 e.